The van der Waals surface area contributed by atoms with Gasteiger partial charge in [0.1, 0.15) is 5.84 Å². The van der Waals surface area contributed by atoms with E-state index >= 15 is 0 Å². The molecule has 1 aliphatic heterocycles. The summed E-state index contributed by atoms with van der Waals surface area (Å²) in [6.07, 6.45) is 1.08. The van der Waals surface area contributed by atoms with Crippen molar-refractivity contribution in [3.63, 3.8) is 0 Å². The lowest BCUT2D eigenvalue weighted by Gasteiger charge is -2.01. The molecule has 0 saturated heterocycles. The Labute approximate surface area is 107 Å². The molecule has 0 unspecified atom stereocenters. The molecule has 2 N–H and O–H groups in total. The van der Waals surface area contributed by atoms with Crippen molar-refractivity contribution in [3.05, 3.63) is 29.8 Å². The average molecular weight is 267 g/mol. The van der Waals surface area contributed by atoms with E-state index in [0.29, 0.717) is 22.8 Å². The molecule has 1 aliphatic rings. The molecule has 0 saturated carbocycles. The first-order chi connectivity index (χ1) is 8.65. The lowest BCUT2D eigenvalue weighted by atomic mass is 10.2. The third-order valence-corrected chi connectivity index (χ3v) is 4.05. The Balaban J connectivity index is 2.10. The Morgan fingerprint density at radius 2 is 2.06 bits per heavy atom. The molecule has 18 heavy (non-hydrogen) atoms. The van der Waals surface area contributed by atoms with Crippen LogP contribution < -0.4 is 10.0 Å². The number of fused-ring (bicyclic) bond motifs is 1. The zero-order valence-corrected chi connectivity index (χ0v) is 11.1. The molecule has 5 nitrogen and oxygen atoms in total. The number of nitrogens with zero attached hydrogens (tertiary/aromatic N) is 1. The van der Waals surface area contributed by atoms with E-state index in [1.165, 1.54) is 0 Å². The summed E-state index contributed by atoms with van der Waals surface area (Å²) in [5.74, 6) is 0.448. The molecule has 0 spiro atoms. The van der Waals surface area contributed by atoms with Crippen LogP contribution in [0.5, 0.6) is 0 Å². The van der Waals surface area contributed by atoms with Gasteiger partial charge in [0, 0.05) is 12.1 Å². The van der Waals surface area contributed by atoms with Crippen LogP contribution in [0.2, 0.25) is 0 Å². The van der Waals surface area contributed by atoms with Gasteiger partial charge in [0.15, 0.2) is 0 Å². The third-order valence-electron chi connectivity index (χ3n) is 2.65. The fourth-order valence-corrected chi connectivity index (χ4v) is 3.05. The first kappa shape index (κ1) is 13.0. The van der Waals surface area contributed by atoms with Gasteiger partial charge in [0.25, 0.3) is 10.0 Å². The lowest BCUT2D eigenvalue weighted by molar-refractivity contribution is 0.595. The molecule has 0 amide bonds. The molecular formula is C12H17N3O2S. The number of nitrogens with one attached hydrogen (secondary N) is 2. The number of sulfonamides is 1. The molecular weight excluding hydrogens is 250 g/mol. The Morgan fingerprint density at radius 3 is 2.83 bits per heavy atom. The van der Waals surface area contributed by atoms with E-state index in [9.17, 15) is 8.42 Å². The third kappa shape index (κ3) is 2.70. The SMILES string of the molecule is CCCNCCN=C1NS(=O)(=O)c2ccccc21. The number of rotatable bonds is 5. The molecule has 98 valence electrons. The van der Waals surface area contributed by atoms with Gasteiger partial charge in [-0.1, -0.05) is 19.1 Å². The quantitative estimate of drug-likeness (QED) is 0.772. The minimum Gasteiger partial charge on any atom is -0.315 e. The molecule has 0 aliphatic carbocycles. The Kier molecular flexibility index (Phi) is 3.98. The molecule has 6 heteroatoms. The van der Waals surface area contributed by atoms with Crippen LogP contribution in [-0.4, -0.2) is 33.9 Å². The molecule has 0 aromatic heterocycles. The van der Waals surface area contributed by atoms with Crippen LogP contribution in [0, 0.1) is 0 Å². The van der Waals surface area contributed by atoms with Gasteiger partial charge in [-0.25, -0.2) is 8.42 Å². The monoisotopic (exact) mass is 267 g/mol. The minimum atomic E-state index is -3.40. The first-order valence-corrected chi connectivity index (χ1v) is 7.51. The van der Waals surface area contributed by atoms with Crippen molar-refractivity contribution in [3.8, 4) is 0 Å². The van der Waals surface area contributed by atoms with E-state index < -0.39 is 10.0 Å². The second kappa shape index (κ2) is 5.49. The highest BCUT2D eigenvalue weighted by Crippen LogP contribution is 2.21. The number of amidine groups is 1. The molecule has 0 bridgehead atoms. The summed E-state index contributed by atoms with van der Waals surface area (Å²) in [7, 11) is -3.40. The number of aliphatic imine (C=N–C) groups is 1. The van der Waals surface area contributed by atoms with E-state index in [1.54, 1.807) is 18.2 Å². The predicted molar refractivity (Wildman–Crippen MR) is 71.3 cm³/mol. The second-order valence-corrected chi connectivity index (χ2v) is 5.73. The first-order valence-electron chi connectivity index (χ1n) is 6.02. The molecule has 0 atom stereocenters. The smallest absolute Gasteiger partial charge is 0.263 e. The summed E-state index contributed by atoms with van der Waals surface area (Å²) in [5, 5.41) is 3.22. The Hall–Kier alpha value is -1.40. The topological polar surface area (TPSA) is 70.6 Å². The summed E-state index contributed by atoms with van der Waals surface area (Å²) in [4.78, 5) is 4.61. The maximum atomic E-state index is 11.8. The molecule has 1 aromatic carbocycles. The largest absolute Gasteiger partial charge is 0.315 e. The van der Waals surface area contributed by atoms with Crippen LogP contribution in [-0.2, 0) is 10.0 Å². The lowest BCUT2D eigenvalue weighted by Crippen LogP contribution is -2.24. The molecule has 0 radical (unpaired) electrons. The Morgan fingerprint density at radius 1 is 1.28 bits per heavy atom. The van der Waals surface area contributed by atoms with E-state index in [0.717, 1.165) is 19.5 Å². The zero-order valence-electron chi connectivity index (χ0n) is 10.3. The summed E-state index contributed by atoms with van der Waals surface area (Å²) >= 11 is 0. The fourth-order valence-electron chi connectivity index (χ4n) is 1.80. The summed E-state index contributed by atoms with van der Waals surface area (Å²) < 4.78 is 26.1. The van der Waals surface area contributed by atoms with Crippen LogP contribution in [0.1, 0.15) is 18.9 Å². The van der Waals surface area contributed by atoms with Gasteiger partial charge in [-0.15, -0.1) is 0 Å². The van der Waals surface area contributed by atoms with Gasteiger partial charge in [-0.3, -0.25) is 9.71 Å². The van der Waals surface area contributed by atoms with Gasteiger partial charge >= 0.3 is 0 Å². The van der Waals surface area contributed by atoms with Crippen molar-refractivity contribution in [2.24, 2.45) is 4.99 Å². The van der Waals surface area contributed by atoms with Crippen molar-refractivity contribution < 1.29 is 8.42 Å². The normalized spacial score (nSPS) is 18.6. The molecule has 0 fully saturated rings. The minimum absolute atomic E-state index is 0.310. The highest BCUT2D eigenvalue weighted by molar-refractivity contribution is 7.90. The highest BCUT2D eigenvalue weighted by Gasteiger charge is 2.29. The summed E-state index contributed by atoms with van der Waals surface area (Å²) in [5.41, 5.74) is 0.660. The van der Waals surface area contributed by atoms with E-state index in [4.69, 9.17) is 0 Å². The molecule has 1 aromatic rings. The molecule has 2 rings (SSSR count). The van der Waals surface area contributed by atoms with Crippen molar-refractivity contribution in [1.29, 1.82) is 0 Å². The zero-order chi connectivity index (χ0) is 13.0. The van der Waals surface area contributed by atoms with Crippen molar-refractivity contribution in [2.75, 3.05) is 19.6 Å². The van der Waals surface area contributed by atoms with Crippen LogP contribution >= 0.6 is 0 Å². The second-order valence-electron chi connectivity index (χ2n) is 4.08. The van der Waals surface area contributed by atoms with Gasteiger partial charge in [0.2, 0.25) is 0 Å². The summed E-state index contributed by atoms with van der Waals surface area (Å²) in [6.45, 7) is 4.36. The fraction of sp³-hybridized carbons (Fsp3) is 0.417. The van der Waals surface area contributed by atoms with E-state index in [2.05, 4.69) is 22.0 Å². The highest BCUT2D eigenvalue weighted by atomic mass is 32.2. The molecule has 1 heterocycles. The van der Waals surface area contributed by atoms with Gasteiger partial charge in [-0.2, -0.15) is 0 Å². The standard InChI is InChI=1S/C12H17N3O2S/c1-2-7-13-8-9-14-12-10-5-3-4-6-11(10)18(16,17)15-12/h3-6,13H,2,7-9H2,1H3,(H,14,15). The van der Waals surface area contributed by atoms with Crippen LogP contribution in [0.25, 0.3) is 0 Å². The number of hydrogen-bond acceptors (Lipinski definition) is 4. The number of benzene rings is 1. The maximum absolute atomic E-state index is 11.8. The van der Waals surface area contributed by atoms with Gasteiger partial charge in [0.05, 0.1) is 11.4 Å². The van der Waals surface area contributed by atoms with Gasteiger partial charge in [-0.05, 0) is 25.1 Å². The van der Waals surface area contributed by atoms with Crippen LogP contribution in [0.4, 0.5) is 0 Å². The van der Waals surface area contributed by atoms with E-state index in [-0.39, 0.29) is 0 Å². The van der Waals surface area contributed by atoms with Crippen molar-refractivity contribution >= 4 is 15.9 Å². The van der Waals surface area contributed by atoms with Crippen LogP contribution in [0.3, 0.4) is 0 Å². The van der Waals surface area contributed by atoms with Crippen molar-refractivity contribution in [2.45, 2.75) is 18.2 Å². The van der Waals surface area contributed by atoms with Crippen molar-refractivity contribution in [1.82, 2.24) is 10.0 Å². The maximum Gasteiger partial charge on any atom is 0.263 e. The van der Waals surface area contributed by atoms with Gasteiger partial charge < -0.3 is 5.32 Å². The predicted octanol–water partition coefficient (Wildman–Crippen LogP) is 0.725. The summed E-state index contributed by atoms with van der Waals surface area (Å²) in [6, 6.07) is 6.89. The number of hydrogen-bond donors (Lipinski definition) is 2. The van der Waals surface area contributed by atoms with E-state index in [1.807, 2.05) is 6.07 Å². The average Bonchev–Trinajstić information content (AvgIpc) is 2.62. The Bertz CT molecular complexity index is 552. The van der Waals surface area contributed by atoms with Crippen LogP contribution in [0.15, 0.2) is 34.2 Å².